The smallest absolute Gasteiger partial charge is 0.00180 e. The monoisotopic (exact) mass is 560 g/mol. The SMILES string of the molecule is CCCc1cc(-c2cc(-c3ccc(-c4ccccc4)cc3)cc(-c3ccc(C4C=CCCC4)cc3)c2)cc(C(C)CC)c1. The van der Waals surface area contributed by atoms with Crippen molar-refractivity contribution in [1.82, 2.24) is 0 Å². The first-order valence-corrected chi connectivity index (χ1v) is 16.3. The van der Waals surface area contributed by atoms with Crippen molar-refractivity contribution in [2.24, 2.45) is 0 Å². The third-order valence-corrected chi connectivity index (χ3v) is 9.25. The van der Waals surface area contributed by atoms with Gasteiger partial charge in [0.2, 0.25) is 0 Å². The van der Waals surface area contributed by atoms with Crippen LogP contribution in [-0.2, 0) is 6.42 Å². The molecule has 5 aromatic rings. The minimum Gasteiger partial charge on any atom is -0.0879 e. The zero-order chi connectivity index (χ0) is 29.6. The minimum absolute atomic E-state index is 0.546. The number of rotatable bonds is 9. The maximum atomic E-state index is 2.44. The van der Waals surface area contributed by atoms with Crippen molar-refractivity contribution in [3.63, 3.8) is 0 Å². The summed E-state index contributed by atoms with van der Waals surface area (Å²) in [6.07, 6.45) is 11.9. The number of hydrogen-bond donors (Lipinski definition) is 0. The predicted molar refractivity (Wildman–Crippen MR) is 187 cm³/mol. The van der Waals surface area contributed by atoms with E-state index in [2.05, 4.69) is 148 Å². The molecule has 0 nitrogen and oxygen atoms in total. The molecule has 1 aliphatic rings. The molecule has 0 saturated heterocycles. The van der Waals surface area contributed by atoms with E-state index in [1.54, 1.807) is 0 Å². The van der Waals surface area contributed by atoms with Gasteiger partial charge in [-0.05, 0) is 117 Å². The first-order chi connectivity index (χ1) is 21.1. The quantitative estimate of drug-likeness (QED) is 0.157. The van der Waals surface area contributed by atoms with Crippen molar-refractivity contribution >= 4 is 0 Å². The highest BCUT2D eigenvalue weighted by Gasteiger charge is 2.14. The van der Waals surface area contributed by atoms with Crippen LogP contribution in [0.1, 0.15) is 81.4 Å². The maximum Gasteiger partial charge on any atom is 0.00180 e. The third-order valence-electron chi connectivity index (χ3n) is 9.25. The second kappa shape index (κ2) is 13.4. The Morgan fingerprint density at radius 2 is 1.16 bits per heavy atom. The Labute approximate surface area is 259 Å². The number of hydrogen-bond acceptors (Lipinski definition) is 0. The molecule has 5 aromatic carbocycles. The van der Waals surface area contributed by atoms with E-state index in [0.29, 0.717) is 11.8 Å². The molecule has 0 heterocycles. The van der Waals surface area contributed by atoms with Gasteiger partial charge in [0, 0.05) is 5.92 Å². The lowest BCUT2D eigenvalue weighted by molar-refractivity contribution is 0.654. The van der Waals surface area contributed by atoms with Crippen LogP contribution >= 0.6 is 0 Å². The standard InChI is InChI=1S/C43H44/c1-4-12-32-25-39(31(3)5-2)27-40(26-32)43-29-41(37-21-17-35(18-22-37)33-13-8-6-9-14-33)28-42(30-43)38-23-19-36(20-24-38)34-15-10-7-11-16-34/h6,8-10,13-15,17-31,34H,4-5,7,11-12,16H2,1-3H3. The molecule has 0 spiro atoms. The van der Waals surface area contributed by atoms with E-state index in [0.717, 1.165) is 19.3 Å². The summed E-state index contributed by atoms with van der Waals surface area (Å²) >= 11 is 0. The van der Waals surface area contributed by atoms with E-state index in [1.807, 2.05) is 0 Å². The van der Waals surface area contributed by atoms with Crippen LogP contribution in [-0.4, -0.2) is 0 Å². The van der Waals surface area contributed by atoms with E-state index in [9.17, 15) is 0 Å². The van der Waals surface area contributed by atoms with Crippen LogP contribution in [0.25, 0.3) is 44.5 Å². The Balaban J connectivity index is 1.44. The van der Waals surface area contributed by atoms with Gasteiger partial charge in [-0.3, -0.25) is 0 Å². The Morgan fingerprint density at radius 3 is 1.74 bits per heavy atom. The minimum atomic E-state index is 0.546. The molecule has 43 heavy (non-hydrogen) atoms. The summed E-state index contributed by atoms with van der Waals surface area (Å²) in [6.45, 7) is 6.93. The van der Waals surface area contributed by atoms with Crippen molar-refractivity contribution in [3.05, 3.63) is 144 Å². The Kier molecular flexibility index (Phi) is 9.04. The molecule has 0 amide bonds. The average Bonchev–Trinajstić information content (AvgIpc) is 3.08. The van der Waals surface area contributed by atoms with E-state index >= 15 is 0 Å². The van der Waals surface area contributed by atoms with Gasteiger partial charge >= 0.3 is 0 Å². The van der Waals surface area contributed by atoms with Crippen molar-refractivity contribution < 1.29 is 0 Å². The normalized spacial score (nSPS) is 15.4. The maximum absolute atomic E-state index is 2.44. The highest BCUT2D eigenvalue weighted by molar-refractivity contribution is 5.82. The first kappa shape index (κ1) is 28.9. The molecule has 0 N–H and O–H groups in total. The number of aryl methyl sites for hydroxylation is 1. The summed E-state index contributed by atoms with van der Waals surface area (Å²) in [5.41, 5.74) is 14.5. The molecular formula is C43H44. The Hall–Kier alpha value is -4.16. The topological polar surface area (TPSA) is 0 Å². The lowest BCUT2D eigenvalue weighted by Gasteiger charge is -2.18. The van der Waals surface area contributed by atoms with Crippen LogP contribution in [0.5, 0.6) is 0 Å². The molecule has 2 atom stereocenters. The number of allylic oxidation sites excluding steroid dienone is 2. The lowest BCUT2D eigenvalue weighted by Crippen LogP contribution is -1.99. The van der Waals surface area contributed by atoms with Gasteiger partial charge in [-0.1, -0.05) is 136 Å². The molecular weight excluding hydrogens is 516 g/mol. The number of benzene rings is 5. The molecule has 0 fully saturated rings. The Morgan fingerprint density at radius 1 is 0.605 bits per heavy atom. The highest BCUT2D eigenvalue weighted by atomic mass is 14.2. The fourth-order valence-corrected chi connectivity index (χ4v) is 6.46. The molecule has 2 unspecified atom stereocenters. The largest absolute Gasteiger partial charge is 0.0879 e. The van der Waals surface area contributed by atoms with Gasteiger partial charge in [0.25, 0.3) is 0 Å². The Bertz CT molecular complexity index is 1670. The summed E-state index contributed by atoms with van der Waals surface area (Å²) in [7, 11) is 0. The van der Waals surface area contributed by atoms with Crippen LogP contribution in [0.3, 0.4) is 0 Å². The van der Waals surface area contributed by atoms with Gasteiger partial charge in [0.05, 0.1) is 0 Å². The molecule has 0 heteroatoms. The fourth-order valence-electron chi connectivity index (χ4n) is 6.46. The lowest BCUT2D eigenvalue weighted by atomic mass is 9.87. The molecule has 1 aliphatic carbocycles. The summed E-state index contributed by atoms with van der Waals surface area (Å²) < 4.78 is 0. The average molecular weight is 561 g/mol. The van der Waals surface area contributed by atoms with Crippen molar-refractivity contribution in [1.29, 1.82) is 0 Å². The van der Waals surface area contributed by atoms with Gasteiger partial charge in [-0.25, -0.2) is 0 Å². The van der Waals surface area contributed by atoms with Gasteiger partial charge in [0.1, 0.15) is 0 Å². The summed E-state index contributed by atoms with van der Waals surface area (Å²) in [4.78, 5) is 0. The third kappa shape index (κ3) is 6.75. The molecule has 216 valence electrons. The van der Waals surface area contributed by atoms with E-state index < -0.39 is 0 Å². The summed E-state index contributed by atoms with van der Waals surface area (Å²) in [5, 5.41) is 0. The van der Waals surface area contributed by atoms with Crippen molar-refractivity contribution in [2.45, 2.75) is 71.1 Å². The molecule has 0 aliphatic heterocycles. The van der Waals surface area contributed by atoms with Crippen LogP contribution in [0.2, 0.25) is 0 Å². The molecule has 0 aromatic heterocycles. The zero-order valence-corrected chi connectivity index (χ0v) is 26.0. The van der Waals surface area contributed by atoms with Gasteiger partial charge < -0.3 is 0 Å². The first-order valence-electron chi connectivity index (χ1n) is 16.3. The van der Waals surface area contributed by atoms with Crippen LogP contribution in [0.15, 0.2) is 127 Å². The molecule has 0 bridgehead atoms. The summed E-state index contributed by atoms with van der Waals surface area (Å²) in [5.74, 6) is 1.10. The second-order valence-corrected chi connectivity index (χ2v) is 12.4. The fraction of sp³-hybridized carbons (Fsp3) is 0.256. The molecule has 0 radical (unpaired) electrons. The van der Waals surface area contributed by atoms with Crippen LogP contribution in [0.4, 0.5) is 0 Å². The molecule has 6 rings (SSSR count). The van der Waals surface area contributed by atoms with Crippen molar-refractivity contribution in [3.8, 4) is 44.5 Å². The van der Waals surface area contributed by atoms with E-state index in [1.165, 1.54) is 80.5 Å². The van der Waals surface area contributed by atoms with Gasteiger partial charge in [-0.15, -0.1) is 0 Å². The van der Waals surface area contributed by atoms with Crippen LogP contribution in [0, 0.1) is 0 Å². The van der Waals surface area contributed by atoms with E-state index in [-0.39, 0.29) is 0 Å². The molecule has 0 saturated carbocycles. The van der Waals surface area contributed by atoms with Gasteiger partial charge in [-0.2, -0.15) is 0 Å². The van der Waals surface area contributed by atoms with Gasteiger partial charge in [0.15, 0.2) is 0 Å². The summed E-state index contributed by atoms with van der Waals surface area (Å²) in [6, 6.07) is 43.6. The van der Waals surface area contributed by atoms with E-state index in [4.69, 9.17) is 0 Å². The zero-order valence-electron chi connectivity index (χ0n) is 26.0. The highest BCUT2D eigenvalue weighted by Crippen LogP contribution is 2.37. The van der Waals surface area contributed by atoms with Crippen molar-refractivity contribution in [2.75, 3.05) is 0 Å². The second-order valence-electron chi connectivity index (χ2n) is 12.4. The van der Waals surface area contributed by atoms with Crippen LogP contribution < -0.4 is 0 Å². The predicted octanol–water partition coefficient (Wildman–Crippen LogP) is 12.6.